The van der Waals surface area contributed by atoms with Crippen LogP contribution in [0.3, 0.4) is 0 Å². The Morgan fingerprint density at radius 1 is 1.47 bits per heavy atom. The van der Waals surface area contributed by atoms with Gasteiger partial charge < -0.3 is 14.3 Å². The van der Waals surface area contributed by atoms with Crippen molar-refractivity contribution >= 4 is 0 Å². The van der Waals surface area contributed by atoms with Gasteiger partial charge in [-0.15, -0.1) is 0 Å². The topological polar surface area (TPSA) is 64.1 Å². The van der Waals surface area contributed by atoms with Crippen molar-refractivity contribution in [2.75, 3.05) is 13.1 Å². The third-order valence-electron chi connectivity index (χ3n) is 2.64. The highest BCUT2D eigenvalue weighted by Crippen LogP contribution is 2.23. The molecule has 0 saturated carbocycles. The van der Waals surface area contributed by atoms with Gasteiger partial charge in [-0.25, -0.2) is 0 Å². The predicted octanol–water partition coefficient (Wildman–Crippen LogP) is 1.41. The molecule has 1 aliphatic rings. The molecule has 0 amide bonds. The van der Waals surface area contributed by atoms with Crippen molar-refractivity contribution in [1.29, 1.82) is 0 Å². The van der Waals surface area contributed by atoms with Crippen LogP contribution < -0.4 is 5.32 Å². The largest absolute Gasteiger partial charge is 0.472 e. The highest BCUT2D eigenvalue weighted by molar-refractivity contribution is 5.49. The molecular formula is C10H11N3O2. The highest BCUT2D eigenvalue weighted by Gasteiger charge is 2.22. The van der Waals surface area contributed by atoms with E-state index in [1.54, 1.807) is 12.5 Å². The summed E-state index contributed by atoms with van der Waals surface area (Å²) in [5.74, 6) is 1.70. The molecule has 78 valence electrons. The minimum Gasteiger partial charge on any atom is -0.472 e. The third-order valence-corrected chi connectivity index (χ3v) is 2.64. The second-order valence-electron chi connectivity index (χ2n) is 3.66. The fraction of sp³-hybridized carbons (Fsp3) is 0.400. The number of nitrogens with zero attached hydrogens (tertiary/aromatic N) is 2. The number of furan rings is 1. The van der Waals surface area contributed by atoms with E-state index in [1.165, 1.54) is 0 Å². The molecule has 0 aliphatic carbocycles. The monoisotopic (exact) mass is 205 g/mol. The van der Waals surface area contributed by atoms with E-state index in [2.05, 4.69) is 15.5 Å². The van der Waals surface area contributed by atoms with Crippen LogP contribution in [0.1, 0.15) is 18.2 Å². The molecule has 3 heterocycles. The molecule has 0 radical (unpaired) electrons. The summed E-state index contributed by atoms with van der Waals surface area (Å²) in [7, 11) is 0. The molecule has 3 rings (SSSR count). The molecule has 1 atom stereocenters. The quantitative estimate of drug-likeness (QED) is 0.802. The van der Waals surface area contributed by atoms with Gasteiger partial charge in [0.1, 0.15) is 6.26 Å². The zero-order valence-corrected chi connectivity index (χ0v) is 8.14. The van der Waals surface area contributed by atoms with Crippen LogP contribution in [-0.4, -0.2) is 23.2 Å². The molecular weight excluding hydrogens is 194 g/mol. The molecule has 0 aromatic carbocycles. The van der Waals surface area contributed by atoms with Gasteiger partial charge in [-0.2, -0.15) is 4.98 Å². The molecule has 5 nitrogen and oxygen atoms in total. The lowest BCUT2D eigenvalue weighted by molar-refractivity contribution is 0.416. The molecule has 0 spiro atoms. The van der Waals surface area contributed by atoms with Crippen molar-refractivity contribution < 1.29 is 8.94 Å². The van der Waals surface area contributed by atoms with Gasteiger partial charge in [-0.05, 0) is 19.0 Å². The smallest absolute Gasteiger partial charge is 0.261 e. The number of hydrogen-bond donors (Lipinski definition) is 1. The van der Waals surface area contributed by atoms with E-state index in [1.807, 2.05) is 6.07 Å². The molecule has 1 aliphatic heterocycles. The Morgan fingerprint density at radius 3 is 3.20 bits per heavy atom. The molecule has 15 heavy (non-hydrogen) atoms. The van der Waals surface area contributed by atoms with E-state index in [0.717, 1.165) is 30.9 Å². The molecule has 0 bridgehead atoms. The summed E-state index contributed by atoms with van der Waals surface area (Å²) in [5, 5.41) is 7.26. The summed E-state index contributed by atoms with van der Waals surface area (Å²) in [6.07, 6.45) is 4.27. The summed E-state index contributed by atoms with van der Waals surface area (Å²) in [5.41, 5.74) is 0.833. The van der Waals surface area contributed by atoms with Gasteiger partial charge in [0.25, 0.3) is 5.89 Å². The van der Waals surface area contributed by atoms with Crippen LogP contribution in [0.15, 0.2) is 27.5 Å². The van der Waals surface area contributed by atoms with Gasteiger partial charge in [0.2, 0.25) is 0 Å². The van der Waals surface area contributed by atoms with Gasteiger partial charge in [0.15, 0.2) is 5.82 Å². The van der Waals surface area contributed by atoms with Crippen molar-refractivity contribution in [2.45, 2.75) is 12.3 Å². The zero-order valence-electron chi connectivity index (χ0n) is 8.14. The summed E-state index contributed by atoms with van der Waals surface area (Å²) >= 11 is 0. The maximum absolute atomic E-state index is 5.17. The number of aromatic nitrogens is 2. The van der Waals surface area contributed by atoms with Crippen molar-refractivity contribution in [3.8, 4) is 11.5 Å². The SMILES string of the molecule is c1cc(-c2nc(C3CCNC3)no2)co1. The van der Waals surface area contributed by atoms with Crippen LogP contribution in [0.2, 0.25) is 0 Å². The van der Waals surface area contributed by atoms with Crippen LogP contribution >= 0.6 is 0 Å². The first-order valence-electron chi connectivity index (χ1n) is 5.00. The molecule has 1 unspecified atom stereocenters. The molecule has 1 saturated heterocycles. The number of nitrogens with one attached hydrogen (secondary N) is 1. The lowest BCUT2D eigenvalue weighted by atomic mass is 10.1. The summed E-state index contributed by atoms with van der Waals surface area (Å²) < 4.78 is 10.1. The van der Waals surface area contributed by atoms with E-state index in [0.29, 0.717) is 11.8 Å². The first kappa shape index (κ1) is 8.67. The molecule has 5 heteroatoms. The average Bonchev–Trinajstić information content (AvgIpc) is 3.02. The van der Waals surface area contributed by atoms with Crippen molar-refractivity contribution in [3.05, 3.63) is 24.4 Å². The van der Waals surface area contributed by atoms with Gasteiger partial charge >= 0.3 is 0 Å². The highest BCUT2D eigenvalue weighted by atomic mass is 16.5. The number of rotatable bonds is 2. The normalized spacial score (nSPS) is 20.9. The second kappa shape index (κ2) is 3.51. The zero-order chi connectivity index (χ0) is 10.1. The van der Waals surface area contributed by atoms with E-state index in [-0.39, 0.29) is 0 Å². The minimum atomic E-state index is 0.384. The first-order chi connectivity index (χ1) is 7.43. The maximum atomic E-state index is 5.17. The average molecular weight is 205 g/mol. The predicted molar refractivity (Wildman–Crippen MR) is 52.2 cm³/mol. The Bertz CT molecular complexity index is 429. The lowest BCUT2D eigenvalue weighted by Gasteiger charge is -1.98. The Labute approximate surface area is 86.5 Å². The van der Waals surface area contributed by atoms with Gasteiger partial charge in [-0.1, -0.05) is 5.16 Å². The molecule has 2 aromatic rings. The van der Waals surface area contributed by atoms with Crippen LogP contribution in [0.5, 0.6) is 0 Å². The van der Waals surface area contributed by atoms with Crippen molar-refractivity contribution in [1.82, 2.24) is 15.5 Å². The maximum Gasteiger partial charge on any atom is 0.261 e. The minimum absolute atomic E-state index is 0.384. The fourth-order valence-corrected chi connectivity index (χ4v) is 1.78. The number of hydrogen-bond acceptors (Lipinski definition) is 5. The Kier molecular flexibility index (Phi) is 2.03. The molecule has 1 N–H and O–H groups in total. The first-order valence-corrected chi connectivity index (χ1v) is 5.00. The van der Waals surface area contributed by atoms with E-state index in [4.69, 9.17) is 8.94 Å². The Balaban J connectivity index is 1.87. The van der Waals surface area contributed by atoms with Crippen molar-refractivity contribution in [2.24, 2.45) is 0 Å². The molecule has 2 aromatic heterocycles. The van der Waals surface area contributed by atoms with Gasteiger partial charge in [0.05, 0.1) is 11.8 Å². The van der Waals surface area contributed by atoms with E-state index in [9.17, 15) is 0 Å². The van der Waals surface area contributed by atoms with Crippen LogP contribution in [-0.2, 0) is 0 Å². The van der Waals surface area contributed by atoms with Gasteiger partial charge in [0, 0.05) is 12.5 Å². The second-order valence-corrected chi connectivity index (χ2v) is 3.66. The summed E-state index contributed by atoms with van der Waals surface area (Å²) in [6, 6.07) is 1.81. The van der Waals surface area contributed by atoms with Crippen molar-refractivity contribution in [3.63, 3.8) is 0 Å². The van der Waals surface area contributed by atoms with Crippen LogP contribution in [0, 0.1) is 0 Å². The van der Waals surface area contributed by atoms with E-state index < -0.39 is 0 Å². The lowest BCUT2D eigenvalue weighted by Crippen LogP contribution is -2.08. The molecule has 1 fully saturated rings. The Morgan fingerprint density at radius 2 is 2.47 bits per heavy atom. The third kappa shape index (κ3) is 1.55. The van der Waals surface area contributed by atoms with Crippen LogP contribution in [0.4, 0.5) is 0 Å². The Hall–Kier alpha value is -1.62. The summed E-state index contributed by atoms with van der Waals surface area (Å²) in [6.45, 7) is 1.96. The fourth-order valence-electron chi connectivity index (χ4n) is 1.78. The van der Waals surface area contributed by atoms with E-state index >= 15 is 0 Å². The van der Waals surface area contributed by atoms with Gasteiger partial charge in [-0.3, -0.25) is 0 Å². The summed E-state index contributed by atoms with van der Waals surface area (Å²) in [4.78, 5) is 4.36. The standard InChI is InChI=1S/C10H11N3O2/c1-3-11-5-7(1)9-12-10(15-13-9)8-2-4-14-6-8/h2,4,6-7,11H,1,3,5H2. The van der Waals surface area contributed by atoms with Crippen LogP contribution in [0.25, 0.3) is 11.5 Å².